The predicted octanol–water partition coefficient (Wildman–Crippen LogP) is 0.0855. The number of aromatic amines is 1. The molecule has 1 amide bonds. The van der Waals surface area contributed by atoms with Crippen molar-refractivity contribution in [3.05, 3.63) is 41.4 Å². The highest BCUT2D eigenvalue weighted by Gasteiger charge is 2.09. The zero-order valence-corrected chi connectivity index (χ0v) is 10.1. The van der Waals surface area contributed by atoms with Crippen molar-refractivity contribution in [3.8, 4) is 11.6 Å². The smallest absolute Gasteiger partial charge is 0.270 e. The van der Waals surface area contributed by atoms with Crippen LogP contribution in [0.5, 0.6) is 11.6 Å². The predicted molar refractivity (Wildman–Crippen MR) is 68.5 cm³/mol. The second-order valence-electron chi connectivity index (χ2n) is 4.20. The number of hydrogen-bond donors (Lipinski definition) is 1. The Labute approximate surface area is 111 Å². The Morgan fingerprint density at radius 1 is 1.15 bits per heavy atom. The molecule has 4 rings (SSSR count). The zero-order chi connectivity index (χ0) is 13.5. The fraction of sp³-hybridized carbons (Fsp3) is 0. The maximum Gasteiger partial charge on any atom is 0.270 e. The molecule has 0 spiro atoms. The Morgan fingerprint density at radius 2 is 2.10 bits per heavy atom. The lowest BCUT2D eigenvalue weighted by Crippen LogP contribution is -2.20. The Bertz CT molecular complexity index is 960. The molecule has 7 heteroatoms. The van der Waals surface area contributed by atoms with Gasteiger partial charge in [-0.2, -0.15) is 4.98 Å². The number of nitrogens with zero attached hydrogens (tertiary/aromatic N) is 4. The van der Waals surface area contributed by atoms with Crippen LogP contribution in [-0.4, -0.2) is 25.8 Å². The quantitative estimate of drug-likeness (QED) is 0.708. The van der Waals surface area contributed by atoms with Crippen LogP contribution < -0.4 is 15.3 Å². The maximum absolute atomic E-state index is 11.2. The number of imidazole rings is 1. The van der Waals surface area contributed by atoms with Crippen molar-refractivity contribution in [3.63, 3.8) is 0 Å². The van der Waals surface area contributed by atoms with Crippen LogP contribution in [0.1, 0.15) is 0 Å². The molecule has 96 valence electrons. The summed E-state index contributed by atoms with van der Waals surface area (Å²) < 4.78 is 5.72. The van der Waals surface area contributed by atoms with E-state index in [-0.39, 0.29) is 5.91 Å². The summed E-state index contributed by atoms with van der Waals surface area (Å²) in [5.41, 5.74) is 1.16. The number of carbonyl (C=O) groups is 1. The number of benzene rings is 1. The van der Waals surface area contributed by atoms with E-state index < -0.39 is 0 Å². The van der Waals surface area contributed by atoms with E-state index in [2.05, 4.69) is 24.9 Å². The molecule has 0 saturated carbocycles. The number of rotatable bonds is 2. The van der Waals surface area contributed by atoms with Crippen LogP contribution in [0.3, 0.4) is 0 Å². The molecule has 0 radical (unpaired) electrons. The van der Waals surface area contributed by atoms with Gasteiger partial charge in [0.05, 0.1) is 11.7 Å². The van der Waals surface area contributed by atoms with Gasteiger partial charge in [0.25, 0.3) is 5.91 Å². The molecule has 0 fully saturated rings. The summed E-state index contributed by atoms with van der Waals surface area (Å²) in [6, 6.07) is 5.21. The van der Waals surface area contributed by atoms with Crippen LogP contribution in [0.4, 0.5) is 0 Å². The first-order chi connectivity index (χ1) is 9.79. The van der Waals surface area contributed by atoms with Gasteiger partial charge >= 0.3 is 0 Å². The van der Waals surface area contributed by atoms with E-state index in [0.29, 0.717) is 28.2 Å². The van der Waals surface area contributed by atoms with E-state index in [1.54, 1.807) is 18.2 Å². The highest BCUT2D eigenvalue weighted by molar-refractivity contribution is 6.06. The molecule has 2 aromatic heterocycles. The number of H-pyrrole nitrogens is 1. The molecule has 0 aliphatic carbocycles. The van der Waals surface area contributed by atoms with Gasteiger partial charge < -0.3 is 9.72 Å². The standard InChI is InChI=1S/C13H7N5O2/c19-10-4-7-3-8(1-2-9(7)18-10)20-13-11-12(15-5-14-11)16-6-17-13/h1-6H,(H,14,15,16,17). The molecule has 1 aromatic carbocycles. The third-order valence-electron chi connectivity index (χ3n) is 2.91. The summed E-state index contributed by atoms with van der Waals surface area (Å²) in [6.45, 7) is 0. The monoisotopic (exact) mass is 265 g/mol. The lowest BCUT2D eigenvalue weighted by molar-refractivity contribution is -0.112. The van der Waals surface area contributed by atoms with E-state index in [0.717, 1.165) is 5.22 Å². The van der Waals surface area contributed by atoms with Gasteiger partial charge in [0.1, 0.15) is 17.6 Å². The fourth-order valence-electron chi connectivity index (χ4n) is 2.03. The minimum Gasteiger partial charge on any atom is -0.437 e. The number of ether oxygens (including phenoxy) is 1. The molecule has 0 unspecified atom stereocenters. The molecule has 0 saturated heterocycles. The molecule has 3 heterocycles. The van der Waals surface area contributed by atoms with Crippen molar-refractivity contribution in [2.75, 3.05) is 0 Å². The minimum absolute atomic E-state index is 0.254. The summed E-state index contributed by atoms with van der Waals surface area (Å²) in [7, 11) is 0. The first-order valence-electron chi connectivity index (χ1n) is 5.86. The summed E-state index contributed by atoms with van der Waals surface area (Å²) in [6.07, 6.45) is 4.38. The van der Waals surface area contributed by atoms with Gasteiger partial charge in [-0.1, -0.05) is 0 Å². The van der Waals surface area contributed by atoms with Crippen LogP contribution in [-0.2, 0) is 4.79 Å². The third kappa shape index (κ3) is 1.64. The van der Waals surface area contributed by atoms with Crippen molar-refractivity contribution in [1.29, 1.82) is 0 Å². The van der Waals surface area contributed by atoms with Crippen LogP contribution in [0.15, 0.2) is 35.8 Å². The minimum atomic E-state index is -0.254. The topological polar surface area (TPSA) is 93.1 Å². The van der Waals surface area contributed by atoms with Crippen LogP contribution in [0.2, 0.25) is 0 Å². The van der Waals surface area contributed by atoms with Gasteiger partial charge in [-0.05, 0) is 18.2 Å². The number of hydrogen-bond acceptors (Lipinski definition) is 5. The normalized spacial score (nSPS) is 12.9. The second-order valence-corrected chi connectivity index (χ2v) is 4.20. The third-order valence-corrected chi connectivity index (χ3v) is 2.91. The average molecular weight is 265 g/mol. The Hall–Kier alpha value is -3.09. The number of amides is 1. The van der Waals surface area contributed by atoms with Crippen LogP contribution in [0.25, 0.3) is 17.2 Å². The first-order valence-corrected chi connectivity index (χ1v) is 5.86. The molecular weight excluding hydrogens is 258 g/mol. The second kappa shape index (κ2) is 3.95. The van der Waals surface area contributed by atoms with Gasteiger partial charge in [-0.3, -0.25) is 4.79 Å². The van der Waals surface area contributed by atoms with Crippen molar-refractivity contribution < 1.29 is 9.53 Å². The first kappa shape index (κ1) is 10.8. The van der Waals surface area contributed by atoms with E-state index >= 15 is 0 Å². The Morgan fingerprint density at radius 3 is 3.05 bits per heavy atom. The Kier molecular flexibility index (Phi) is 2.13. The van der Waals surface area contributed by atoms with Gasteiger partial charge in [0, 0.05) is 11.3 Å². The average Bonchev–Trinajstić information content (AvgIpc) is 3.03. The van der Waals surface area contributed by atoms with E-state index in [1.165, 1.54) is 18.7 Å². The lowest BCUT2D eigenvalue weighted by atomic mass is 10.3. The molecule has 1 N–H and O–H groups in total. The van der Waals surface area contributed by atoms with E-state index in [4.69, 9.17) is 4.74 Å². The highest BCUT2D eigenvalue weighted by atomic mass is 16.5. The lowest BCUT2D eigenvalue weighted by Gasteiger charge is -2.04. The van der Waals surface area contributed by atoms with Gasteiger partial charge in [-0.15, -0.1) is 0 Å². The van der Waals surface area contributed by atoms with Gasteiger partial charge in [0.15, 0.2) is 5.65 Å². The fourth-order valence-corrected chi connectivity index (χ4v) is 2.03. The molecule has 1 aliphatic rings. The van der Waals surface area contributed by atoms with Crippen LogP contribution >= 0.6 is 0 Å². The van der Waals surface area contributed by atoms with Crippen molar-refractivity contribution in [2.45, 2.75) is 0 Å². The molecule has 3 aromatic rings. The maximum atomic E-state index is 11.2. The molecule has 1 aliphatic heterocycles. The largest absolute Gasteiger partial charge is 0.437 e. The molecule has 20 heavy (non-hydrogen) atoms. The summed E-state index contributed by atoms with van der Waals surface area (Å²) in [5.74, 6) is 0.698. The van der Waals surface area contributed by atoms with Crippen molar-refractivity contribution in [1.82, 2.24) is 19.9 Å². The number of fused-ring (bicyclic) bond motifs is 2. The van der Waals surface area contributed by atoms with Crippen molar-refractivity contribution in [2.24, 2.45) is 4.99 Å². The number of aromatic nitrogens is 4. The van der Waals surface area contributed by atoms with Crippen LogP contribution in [0, 0.1) is 0 Å². The van der Waals surface area contributed by atoms with E-state index in [9.17, 15) is 4.79 Å². The molecular formula is C13H7N5O2. The zero-order valence-electron chi connectivity index (χ0n) is 10.1. The van der Waals surface area contributed by atoms with Gasteiger partial charge in [-0.25, -0.2) is 15.0 Å². The summed E-state index contributed by atoms with van der Waals surface area (Å²) >= 11 is 0. The van der Waals surface area contributed by atoms with Crippen molar-refractivity contribution >= 4 is 23.1 Å². The number of nitrogens with one attached hydrogen (secondary N) is 1. The summed E-state index contributed by atoms with van der Waals surface area (Å²) in [4.78, 5) is 30.1. The highest BCUT2D eigenvalue weighted by Crippen LogP contribution is 2.22. The molecule has 0 bridgehead atoms. The molecule has 0 atom stereocenters. The van der Waals surface area contributed by atoms with Gasteiger partial charge in [0.2, 0.25) is 5.88 Å². The van der Waals surface area contributed by atoms with E-state index in [1.807, 2.05) is 0 Å². The molecule has 7 nitrogen and oxygen atoms in total. The number of carbonyl (C=O) groups excluding carboxylic acids is 1. The Balaban J connectivity index is 1.79. The summed E-state index contributed by atoms with van der Waals surface area (Å²) in [5, 5.41) is 1.39. The SMILES string of the molecule is O=C1C=c2cc(Oc3ncnc4nc[nH]c34)ccc2=N1.